The van der Waals surface area contributed by atoms with Crippen molar-refractivity contribution in [1.29, 1.82) is 0 Å². The average Bonchev–Trinajstić information content (AvgIpc) is 2.24. The molecule has 0 saturated heterocycles. The smallest absolute Gasteiger partial charge is 0.122 e. The largest absolute Gasteiger partial charge is 0.491 e. The highest BCUT2D eigenvalue weighted by molar-refractivity contribution is 6.17. The molecule has 84 valence electrons. The molecule has 0 saturated carbocycles. The second-order valence-electron chi connectivity index (χ2n) is 3.35. The van der Waals surface area contributed by atoms with Gasteiger partial charge in [-0.3, -0.25) is 0 Å². The molecule has 15 heavy (non-hydrogen) atoms. The van der Waals surface area contributed by atoms with Crippen LogP contribution in [0.15, 0.2) is 18.2 Å². The first-order chi connectivity index (χ1) is 7.25. The normalized spacial score (nSPS) is 10.3. The summed E-state index contributed by atoms with van der Waals surface area (Å²) in [7, 11) is 0. The van der Waals surface area contributed by atoms with Crippen molar-refractivity contribution in [2.24, 2.45) is 0 Å². The molecule has 0 fully saturated rings. The Balaban J connectivity index is 2.34. The summed E-state index contributed by atoms with van der Waals surface area (Å²) in [4.78, 5) is 0. The third-order valence-electron chi connectivity index (χ3n) is 2.26. The predicted octanol–water partition coefficient (Wildman–Crippen LogP) is 2.94. The molecule has 3 heteroatoms. The van der Waals surface area contributed by atoms with Gasteiger partial charge in [0.25, 0.3) is 0 Å². The maximum Gasteiger partial charge on any atom is 0.122 e. The van der Waals surface area contributed by atoms with Crippen molar-refractivity contribution in [2.75, 3.05) is 25.7 Å². The van der Waals surface area contributed by atoms with Crippen LogP contribution < -0.4 is 4.74 Å². The summed E-state index contributed by atoms with van der Waals surface area (Å²) in [6, 6.07) is 6.05. The molecule has 0 aromatic heterocycles. The van der Waals surface area contributed by atoms with Gasteiger partial charge in [-0.25, -0.2) is 0 Å². The van der Waals surface area contributed by atoms with Gasteiger partial charge in [0.15, 0.2) is 0 Å². The summed E-state index contributed by atoms with van der Waals surface area (Å²) in [6.45, 7) is 5.87. The van der Waals surface area contributed by atoms with E-state index >= 15 is 0 Å². The van der Waals surface area contributed by atoms with Crippen LogP contribution in [0.1, 0.15) is 11.1 Å². The first kappa shape index (κ1) is 12.3. The molecule has 0 aliphatic heterocycles. The maximum atomic E-state index is 5.60. The van der Waals surface area contributed by atoms with Crippen molar-refractivity contribution in [2.45, 2.75) is 13.8 Å². The van der Waals surface area contributed by atoms with E-state index in [9.17, 15) is 0 Å². The number of benzene rings is 1. The third kappa shape index (κ3) is 4.10. The van der Waals surface area contributed by atoms with Gasteiger partial charge in [-0.2, -0.15) is 0 Å². The fraction of sp³-hybridized carbons (Fsp3) is 0.500. The average molecular weight is 229 g/mol. The summed E-state index contributed by atoms with van der Waals surface area (Å²) < 4.78 is 10.8. The van der Waals surface area contributed by atoms with Crippen LogP contribution >= 0.6 is 11.6 Å². The van der Waals surface area contributed by atoms with Gasteiger partial charge in [0.1, 0.15) is 12.4 Å². The summed E-state index contributed by atoms with van der Waals surface area (Å²) in [5, 5.41) is 0. The molecule has 0 aliphatic rings. The summed E-state index contributed by atoms with van der Waals surface area (Å²) in [5.41, 5.74) is 2.43. The summed E-state index contributed by atoms with van der Waals surface area (Å²) in [6.07, 6.45) is 0. The Morgan fingerprint density at radius 1 is 1.13 bits per heavy atom. The number of ether oxygens (including phenoxy) is 2. The van der Waals surface area contributed by atoms with Gasteiger partial charge >= 0.3 is 0 Å². The van der Waals surface area contributed by atoms with Gasteiger partial charge in [0.05, 0.1) is 13.2 Å². The number of hydrogen-bond donors (Lipinski definition) is 0. The van der Waals surface area contributed by atoms with E-state index in [-0.39, 0.29) is 0 Å². The molecule has 0 bridgehead atoms. The monoisotopic (exact) mass is 228 g/mol. The lowest BCUT2D eigenvalue weighted by atomic mass is 10.1. The number of hydrogen-bond acceptors (Lipinski definition) is 2. The molecule has 0 heterocycles. The lowest BCUT2D eigenvalue weighted by molar-refractivity contribution is 0.111. The van der Waals surface area contributed by atoms with E-state index < -0.39 is 0 Å². The van der Waals surface area contributed by atoms with Crippen molar-refractivity contribution in [1.82, 2.24) is 0 Å². The van der Waals surface area contributed by atoms with Crippen LogP contribution in [-0.4, -0.2) is 25.7 Å². The quantitative estimate of drug-likeness (QED) is 0.551. The highest BCUT2D eigenvalue weighted by Gasteiger charge is 2.00. The number of halogens is 1. The van der Waals surface area contributed by atoms with Crippen molar-refractivity contribution in [3.8, 4) is 5.75 Å². The van der Waals surface area contributed by atoms with Gasteiger partial charge in [0, 0.05) is 5.88 Å². The van der Waals surface area contributed by atoms with Crippen LogP contribution in [0.3, 0.4) is 0 Å². The maximum absolute atomic E-state index is 5.60. The Morgan fingerprint density at radius 3 is 2.67 bits per heavy atom. The molecule has 2 nitrogen and oxygen atoms in total. The van der Waals surface area contributed by atoms with Gasteiger partial charge < -0.3 is 9.47 Å². The Morgan fingerprint density at radius 2 is 1.93 bits per heavy atom. The lowest BCUT2D eigenvalue weighted by Crippen LogP contribution is -2.08. The summed E-state index contributed by atoms with van der Waals surface area (Å²) >= 11 is 5.48. The van der Waals surface area contributed by atoms with Crippen molar-refractivity contribution in [3.05, 3.63) is 29.3 Å². The molecule has 0 aliphatic carbocycles. The predicted molar refractivity (Wildman–Crippen MR) is 63.0 cm³/mol. The fourth-order valence-corrected chi connectivity index (χ4v) is 1.36. The molecule has 0 N–H and O–H groups in total. The molecule has 0 radical (unpaired) electrons. The topological polar surface area (TPSA) is 18.5 Å². The minimum Gasteiger partial charge on any atom is -0.491 e. The van der Waals surface area contributed by atoms with Crippen LogP contribution in [0.25, 0.3) is 0 Å². The van der Waals surface area contributed by atoms with E-state index in [1.165, 1.54) is 11.1 Å². The molecule has 0 atom stereocenters. The standard InChI is InChI=1S/C12H17ClO2/c1-10-4-3-5-12(11(10)2)15-9-8-14-7-6-13/h3-5H,6-9H2,1-2H3. The Labute approximate surface area is 96.2 Å². The van der Waals surface area contributed by atoms with Crippen LogP contribution in [0.2, 0.25) is 0 Å². The van der Waals surface area contributed by atoms with Gasteiger partial charge in [0.2, 0.25) is 0 Å². The Kier molecular flexibility index (Phi) is 5.51. The fourth-order valence-electron chi connectivity index (χ4n) is 1.25. The SMILES string of the molecule is Cc1cccc(OCCOCCCl)c1C. The van der Waals surface area contributed by atoms with E-state index in [1.807, 2.05) is 12.1 Å². The zero-order chi connectivity index (χ0) is 11.1. The second-order valence-corrected chi connectivity index (χ2v) is 3.73. The van der Waals surface area contributed by atoms with Crippen LogP contribution in [0, 0.1) is 13.8 Å². The van der Waals surface area contributed by atoms with E-state index in [4.69, 9.17) is 21.1 Å². The van der Waals surface area contributed by atoms with E-state index in [0.29, 0.717) is 25.7 Å². The first-order valence-corrected chi connectivity index (χ1v) is 5.62. The second kappa shape index (κ2) is 6.70. The zero-order valence-electron chi connectivity index (χ0n) is 9.25. The molecule has 1 rings (SSSR count). The highest BCUT2D eigenvalue weighted by atomic mass is 35.5. The highest BCUT2D eigenvalue weighted by Crippen LogP contribution is 2.20. The van der Waals surface area contributed by atoms with E-state index in [0.717, 1.165) is 5.75 Å². The van der Waals surface area contributed by atoms with Crippen molar-refractivity contribution >= 4 is 11.6 Å². The van der Waals surface area contributed by atoms with E-state index in [1.54, 1.807) is 0 Å². The van der Waals surface area contributed by atoms with Gasteiger partial charge in [-0.1, -0.05) is 12.1 Å². The number of rotatable bonds is 6. The molecule has 1 aromatic carbocycles. The zero-order valence-corrected chi connectivity index (χ0v) is 10.0. The number of aryl methyl sites for hydroxylation is 1. The van der Waals surface area contributed by atoms with Crippen LogP contribution in [0.4, 0.5) is 0 Å². The van der Waals surface area contributed by atoms with Crippen molar-refractivity contribution < 1.29 is 9.47 Å². The van der Waals surface area contributed by atoms with Crippen LogP contribution in [-0.2, 0) is 4.74 Å². The molecule has 0 amide bonds. The first-order valence-electron chi connectivity index (χ1n) is 5.08. The minimum absolute atomic E-state index is 0.531. The molecule has 0 unspecified atom stereocenters. The number of alkyl halides is 1. The lowest BCUT2D eigenvalue weighted by Gasteiger charge is -2.10. The third-order valence-corrected chi connectivity index (χ3v) is 2.42. The summed E-state index contributed by atoms with van der Waals surface area (Å²) in [5.74, 6) is 1.47. The van der Waals surface area contributed by atoms with Crippen molar-refractivity contribution in [3.63, 3.8) is 0 Å². The van der Waals surface area contributed by atoms with E-state index in [2.05, 4.69) is 19.9 Å². The Hall–Kier alpha value is -0.730. The molecular formula is C12H17ClO2. The van der Waals surface area contributed by atoms with Crippen LogP contribution in [0.5, 0.6) is 5.75 Å². The molecule has 1 aromatic rings. The molecule has 0 spiro atoms. The molecular weight excluding hydrogens is 212 g/mol. The van der Waals surface area contributed by atoms with Gasteiger partial charge in [-0.05, 0) is 31.0 Å². The van der Waals surface area contributed by atoms with Gasteiger partial charge in [-0.15, -0.1) is 11.6 Å². The minimum atomic E-state index is 0.531. The Bertz CT molecular complexity index is 300.